The summed E-state index contributed by atoms with van der Waals surface area (Å²) < 4.78 is 5.33. The van der Waals surface area contributed by atoms with Crippen LogP contribution in [0.3, 0.4) is 0 Å². The summed E-state index contributed by atoms with van der Waals surface area (Å²) in [7, 11) is 0. The Bertz CT molecular complexity index is 583. The maximum atomic E-state index is 12.3. The van der Waals surface area contributed by atoms with Crippen LogP contribution in [0.2, 0.25) is 0 Å². The van der Waals surface area contributed by atoms with Gasteiger partial charge in [0.1, 0.15) is 0 Å². The molecule has 3 rings (SSSR count). The Kier molecular flexibility index (Phi) is 2.56. The van der Waals surface area contributed by atoms with E-state index in [0.29, 0.717) is 11.1 Å². The molecule has 0 atom stereocenters. The molecular formula is C15H11NO3. The molecule has 0 spiro atoms. The first kappa shape index (κ1) is 11.5. The third-order valence-electron chi connectivity index (χ3n) is 3.14. The fraction of sp³-hybridized carbons (Fsp3) is 0.0667. The first-order valence-electron chi connectivity index (χ1n) is 5.89. The van der Waals surface area contributed by atoms with Crippen molar-refractivity contribution in [2.75, 3.05) is 0 Å². The fourth-order valence-corrected chi connectivity index (χ4v) is 2.28. The molecule has 0 unspecified atom stereocenters. The van der Waals surface area contributed by atoms with Crippen molar-refractivity contribution >= 4 is 12.0 Å². The molecule has 0 aromatic heterocycles. The Morgan fingerprint density at radius 2 is 1.26 bits per heavy atom. The van der Waals surface area contributed by atoms with E-state index >= 15 is 0 Å². The van der Waals surface area contributed by atoms with Gasteiger partial charge in [-0.3, -0.25) is 10.1 Å². The van der Waals surface area contributed by atoms with Crippen LogP contribution in [0.25, 0.3) is 0 Å². The standard InChI is InChI=1S/C15H11NO3/c17-13-15(19-14(18)16-13,11-7-3-1-4-8-11)12-9-5-2-6-10-12/h1-10H,(H,16,17,18). The van der Waals surface area contributed by atoms with Gasteiger partial charge in [0.05, 0.1) is 0 Å². The van der Waals surface area contributed by atoms with Gasteiger partial charge in [0, 0.05) is 11.1 Å². The van der Waals surface area contributed by atoms with Crippen LogP contribution in [0.4, 0.5) is 4.79 Å². The summed E-state index contributed by atoms with van der Waals surface area (Å²) in [6.45, 7) is 0. The molecule has 1 heterocycles. The molecular weight excluding hydrogens is 242 g/mol. The van der Waals surface area contributed by atoms with Crippen molar-refractivity contribution < 1.29 is 14.3 Å². The van der Waals surface area contributed by atoms with Gasteiger partial charge in [0.15, 0.2) is 0 Å². The number of hydrogen-bond acceptors (Lipinski definition) is 3. The van der Waals surface area contributed by atoms with Crippen LogP contribution in [-0.2, 0) is 15.1 Å². The van der Waals surface area contributed by atoms with E-state index in [4.69, 9.17) is 4.74 Å². The van der Waals surface area contributed by atoms with Gasteiger partial charge in [-0.2, -0.15) is 0 Å². The van der Waals surface area contributed by atoms with Crippen molar-refractivity contribution in [1.29, 1.82) is 0 Å². The number of cyclic esters (lactones) is 1. The van der Waals surface area contributed by atoms with Gasteiger partial charge in [-0.1, -0.05) is 60.7 Å². The second-order valence-corrected chi connectivity index (χ2v) is 4.26. The van der Waals surface area contributed by atoms with E-state index in [0.717, 1.165) is 0 Å². The summed E-state index contributed by atoms with van der Waals surface area (Å²) in [5.74, 6) is -0.463. The van der Waals surface area contributed by atoms with Crippen LogP contribution >= 0.6 is 0 Å². The fourth-order valence-electron chi connectivity index (χ4n) is 2.28. The van der Waals surface area contributed by atoms with Crippen LogP contribution in [0.5, 0.6) is 0 Å². The minimum absolute atomic E-state index is 0.463. The lowest BCUT2D eigenvalue weighted by Crippen LogP contribution is -2.37. The van der Waals surface area contributed by atoms with Crippen molar-refractivity contribution in [2.24, 2.45) is 0 Å². The Morgan fingerprint density at radius 3 is 1.63 bits per heavy atom. The molecule has 2 aromatic rings. The average molecular weight is 253 g/mol. The molecule has 4 heteroatoms. The zero-order valence-electron chi connectivity index (χ0n) is 10.00. The highest BCUT2D eigenvalue weighted by molar-refractivity contribution is 6.05. The number of carbonyl (C=O) groups excluding carboxylic acids is 2. The summed E-state index contributed by atoms with van der Waals surface area (Å²) in [6, 6.07) is 18.0. The summed E-state index contributed by atoms with van der Waals surface area (Å²) >= 11 is 0. The number of alkyl carbamates (subject to hydrolysis) is 1. The van der Waals surface area contributed by atoms with Gasteiger partial charge in [-0.25, -0.2) is 4.79 Å². The van der Waals surface area contributed by atoms with E-state index < -0.39 is 17.6 Å². The van der Waals surface area contributed by atoms with Gasteiger partial charge >= 0.3 is 6.09 Å². The number of hydrogen-bond donors (Lipinski definition) is 1. The predicted octanol–water partition coefficient (Wildman–Crippen LogP) is 2.20. The Morgan fingerprint density at radius 1 is 0.789 bits per heavy atom. The molecule has 4 nitrogen and oxygen atoms in total. The maximum absolute atomic E-state index is 12.3. The van der Waals surface area contributed by atoms with Crippen molar-refractivity contribution in [3.63, 3.8) is 0 Å². The molecule has 2 amide bonds. The second kappa shape index (κ2) is 4.24. The molecule has 1 aliphatic rings. The predicted molar refractivity (Wildman–Crippen MR) is 68.3 cm³/mol. The van der Waals surface area contributed by atoms with Gasteiger partial charge in [0.25, 0.3) is 5.91 Å². The third kappa shape index (κ3) is 1.69. The Balaban J connectivity index is 2.23. The Hall–Kier alpha value is -2.62. The van der Waals surface area contributed by atoms with Gasteiger partial charge in [-0.05, 0) is 0 Å². The van der Waals surface area contributed by atoms with Crippen LogP contribution in [0, 0.1) is 0 Å². The minimum atomic E-state index is -1.39. The number of nitrogens with one attached hydrogen (secondary N) is 1. The Labute approximate surface area is 110 Å². The van der Waals surface area contributed by atoms with E-state index in [-0.39, 0.29) is 0 Å². The first-order valence-corrected chi connectivity index (χ1v) is 5.89. The number of benzene rings is 2. The van der Waals surface area contributed by atoms with Crippen LogP contribution in [-0.4, -0.2) is 12.0 Å². The molecule has 1 saturated heterocycles. The van der Waals surface area contributed by atoms with Gasteiger partial charge < -0.3 is 4.74 Å². The molecule has 1 fully saturated rings. The highest BCUT2D eigenvalue weighted by atomic mass is 16.6. The molecule has 0 radical (unpaired) electrons. The van der Waals surface area contributed by atoms with Crippen molar-refractivity contribution in [3.05, 3.63) is 71.8 Å². The molecule has 1 aliphatic heterocycles. The maximum Gasteiger partial charge on any atom is 0.415 e. The smallest absolute Gasteiger partial charge is 0.415 e. The van der Waals surface area contributed by atoms with Crippen molar-refractivity contribution in [2.45, 2.75) is 5.60 Å². The van der Waals surface area contributed by atoms with E-state index in [1.54, 1.807) is 48.5 Å². The topological polar surface area (TPSA) is 55.4 Å². The lowest BCUT2D eigenvalue weighted by Gasteiger charge is -2.25. The molecule has 19 heavy (non-hydrogen) atoms. The van der Waals surface area contributed by atoms with E-state index in [2.05, 4.69) is 5.32 Å². The summed E-state index contributed by atoms with van der Waals surface area (Å²) in [4.78, 5) is 23.7. The second-order valence-electron chi connectivity index (χ2n) is 4.26. The lowest BCUT2D eigenvalue weighted by molar-refractivity contribution is -0.128. The van der Waals surface area contributed by atoms with Crippen molar-refractivity contribution in [1.82, 2.24) is 5.32 Å². The monoisotopic (exact) mass is 253 g/mol. The highest BCUT2D eigenvalue weighted by Gasteiger charge is 2.51. The van der Waals surface area contributed by atoms with Crippen LogP contribution in [0.15, 0.2) is 60.7 Å². The van der Waals surface area contributed by atoms with E-state index in [9.17, 15) is 9.59 Å². The van der Waals surface area contributed by atoms with E-state index in [1.807, 2.05) is 12.1 Å². The van der Waals surface area contributed by atoms with Gasteiger partial charge in [0.2, 0.25) is 5.60 Å². The zero-order chi connectivity index (χ0) is 13.3. The number of rotatable bonds is 2. The summed E-state index contributed by atoms with van der Waals surface area (Å²) in [5, 5.41) is 2.20. The van der Waals surface area contributed by atoms with E-state index in [1.165, 1.54) is 0 Å². The highest BCUT2D eigenvalue weighted by Crippen LogP contribution is 2.36. The normalized spacial score (nSPS) is 16.8. The quantitative estimate of drug-likeness (QED) is 0.892. The summed E-state index contributed by atoms with van der Waals surface area (Å²) in [5.41, 5.74) is -0.131. The first-order chi connectivity index (χ1) is 9.23. The molecule has 0 bridgehead atoms. The number of imide groups is 1. The average Bonchev–Trinajstić information content (AvgIpc) is 2.76. The number of amides is 2. The zero-order valence-corrected chi connectivity index (χ0v) is 10.00. The molecule has 0 aliphatic carbocycles. The number of ether oxygens (including phenoxy) is 1. The van der Waals surface area contributed by atoms with Crippen LogP contribution in [0.1, 0.15) is 11.1 Å². The number of carbonyl (C=O) groups is 2. The van der Waals surface area contributed by atoms with Crippen LogP contribution < -0.4 is 5.32 Å². The third-order valence-corrected chi connectivity index (χ3v) is 3.14. The minimum Gasteiger partial charge on any atom is -0.422 e. The van der Waals surface area contributed by atoms with Crippen molar-refractivity contribution in [3.8, 4) is 0 Å². The molecule has 0 saturated carbocycles. The summed E-state index contributed by atoms with van der Waals surface area (Å²) in [6.07, 6.45) is -0.724. The SMILES string of the molecule is O=C1NC(=O)C(c2ccccc2)(c2ccccc2)O1. The molecule has 94 valence electrons. The molecule has 1 N–H and O–H groups in total. The van der Waals surface area contributed by atoms with Gasteiger partial charge in [-0.15, -0.1) is 0 Å². The lowest BCUT2D eigenvalue weighted by atomic mass is 9.86. The largest absolute Gasteiger partial charge is 0.422 e. The molecule has 2 aromatic carbocycles.